The van der Waals surface area contributed by atoms with Crippen LogP contribution >= 0.6 is 22.9 Å². The highest BCUT2D eigenvalue weighted by Gasteiger charge is 2.43. The minimum Gasteiger partial charge on any atom is -0.143 e. The molecule has 2 aliphatic rings. The van der Waals surface area contributed by atoms with Crippen molar-refractivity contribution in [2.45, 2.75) is 57.2 Å². The number of alkyl halides is 1. The maximum atomic E-state index is 6.78. The van der Waals surface area contributed by atoms with Crippen molar-refractivity contribution >= 4 is 22.9 Å². The van der Waals surface area contributed by atoms with Gasteiger partial charge in [0.2, 0.25) is 0 Å². The monoisotopic (exact) mass is 282 g/mol. The maximum absolute atomic E-state index is 6.78. The molecule has 3 rings (SSSR count). The van der Waals surface area contributed by atoms with Crippen LogP contribution in [0.2, 0.25) is 0 Å². The fraction of sp³-hybridized carbons (Fsp3) is 0.750. The molecule has 0 aliphatic heterocycles. The molecule has 4 atom stereocenters. The number of fused-ring (bicyclic) bond motifs is 2. The molecule has 2 heteroatoms. The van der Waals surface area contributed by atoms with E-state index in [0.717, 1.165) is 17.8 Å². The average molecular weight is 283 g/mol. The van der Waals surface area contributed by atoms with Crippen LogP contribution in [0.1, 0.15) is 61.6 Å². The molecule has 0 N–H and O–H groups in total. The summed E-state index contributed by atoms with van der Waals surface area (Å²) < 4.78 is 0. The lowest BCUT2D eigenvalue weighted by molar-refractivity contribution is 0.325. The van der Waals surface area contributed by atoms with Gasteiger partial charge < -0.3 is 0 Å². The lowest BCUT2D eigenvalue weighted by atomic mass is 9.85. The predicted octanol–water partition coefficient (Wildman–Crippen LogP) is 5.76. The zero-order valence-corrected chi connectivity index (χ0v) is 13.2. The smallest absolute Gasteiger partial charge is 0.0709 e. The Hall–Kier alpha value is -0.0100. The largest absolute Gasteiger partial charge is 0.143 e. The predicted molar refractivity (Wildman–Crippen MR) is 80.6 cm³/mol. The minimum absolute atomic E-state index is 0.258. The Morgan fingerprint density at radius 3 is 2.50 bits per heavy atom. The molecule has 100 valence electrons. The fourth-order valence-corrected chi connectivity index (χ4v) is 5.40. The number of thiophene rings is 1. The van der Waals surface area contributed by atoms with Gasteiger partial charge in [-0.25, -0.2) is 0 Å². The van der Waals surface area contributed by atoms with E-state index in [-0.39, 0.29) is 10.8 Å². The third-order valence-corrected chi connectivity index (χ3v) is 7.09. The Morgan fingerprint density at radius 1 is 1.22 bits per heavy atom. The maximum Gasteiger partial charge on any atom is 0.0709 e. The molecule has 1 aromatic heterocycles. The third-order valence-electron chi connectivity index (χ3n) is 4.81. The van der Waals surface area contributed by atoms with E-state index in [9.17, 15) is 0 Å². The summed E-state index contributed by atoms with van der Waals surface area (Å²) in [4.78, 5) is 2.87. The number of rotatable bonds is 2. The first-order valence-electron chi connectivity index (χ1n) is 7.19. The second kappa shape index (κ2) is 4.52. The van der Waals surface area contributed by atoms with Crippen LogP contribution in [0.25, 0.3) is 0 Å². The van der Waals surface area contributed by atoms with Gasteiger partial charge >= 0.3 is 0 Å². The molecule has 2 saturated carbocycles. The first-order valence-corrected chi connectivity index (χ1v) is 8.44. The van der Waals surface area contributed by atoms with Crippen LogP contribution in [0.3, 0.4) is 0 Å². The van der Waals surface area contributed by atoms with E-state index in [1.165, 1.54) is 35.4 Å². The van der Waals surface area contributed by atoms with Crippen LogP contribution in [0.4, 0.5) is 0 Å². The van der Waals surface area contributed by atoms with Crippen molar-refractivity contribution in [2.75, 3.05) is 0 Å². The molecule has 0 radical (unpaired) electrons. The Kier molecular flexibility index (Phi) is 3.27. The molecule has 18 heavy (non-hydrogen) atoms. The molecule has 2 fully saturated rings. The highest BCUT2D eigenvalue weighted by molar-refractivity contribution is 7.12. The van der Waals surface area contributed by atoms with Crippen LogP contribution in [-0.2, 0) is 5.41 Å². The molecule has 0 aromatic carbocycles. The van der Waals surface area contributed by atoms with Gasteiger partial charge in [-0.2, -0.15) is 0 Å². The second-order valence-corrected chi connectivity index (χ2v) is 8.78. The van der Waals surface area contributed by atoms with Crippen molar-refractivity contribution in [1.82, 2.24) is 0 Å². The number of halogens is 1. The van der Waals surface area contributed by atoms with E-state index >= 15 is 0 Å². The molecular weight excluding hydrogens is 260 g/mol. The number of hydrogen-bond donors (Lipinski definition) is 0. The zero-order valence-electron chi connectivity index (χ0n) is 11.6. The van der Waals surface area contributed by atoms with Crippen LogP contribution < -0.4 is 0 Å². The van der Waals surface area contributed by atoms with E-state index in [0.29, 0.717) is 0 Å². The molecule has 1 aromatic rings. The van der Waals surface area contributed by atoms with Crippen LogP contribution in [0, 0.1) is 17.8 Å². The Balaban J connectivity index is 1.76. The summed E-state index contributed by atoms with van der Waals surface area (Å²) in [6.45, 7) is 6.84. The normalized spacial score (nSPS) is 33.0. The van der Waals surface area contributed by atoms with Crippen LogP contribution in [0.15, 0.2) is 12.1 Å². The summed E-state index contributed by atoms with van der Waals surface area (Å²) >= 11 is 8.71. The van der Waals surface area contributed by atoms with E-state index < -0.39 is 0 Å². The van der Waals surface area contributed by atoms with E-state index in [2.05, 4.69) is 32.9 Å². The summed E-state index contributed by atoms with van der Waals surface area (Å²) in [5.41, 5.74) is 0.258. The average Bonchev–Trinajstić information content (AvgIpc) is 3.02. The Bertz CT molecular complexity index is 429. The first-order chi connectivity index (χ1) is 8.45. The zero-order chi connectivity index (χ0) is 12.9. The van der Waals surface area contributed by atoms with Gasteiger partial charge in [-0.1, -0.05) is 27.2 Å². The van der Waals surface area contributed by atoms with E-state index in [4.69, 9.17) is 11.6 Å². The van der Waals surface area contributed by atoms with E-state index in [1.54, 1.807) is 0 Å². The summed E-state index contributed by atoms with van der Waals surface area (Å²) in [5, 5.41) is 0.265. The lowest BCUT2D eigenvalue weighted by Crippen LogP contribution is -2.15. The lowest BCUT2D eigenvalue weighted by Gasteiger charge is -2.25. The summed E-state index contributed by atoms with van der Waals surface area (Å²) in [6, 6.07) is 4.55. The van der Waals surface area contributed by atoms with Gasteiger partial charge in [-0.15, -0.1) is 22.9 Å². The molecular formula is C16H23ClS. The molecule has 1 heterocycles. The highest BCUT2D eigenvalue weighted by Crippen LogP contribution is 2.55. The standard InChI is InChI=1S/C16H23ClS/c1-16(2,3)14-7-6-13(18-14)15(17)12-9-10-4-5-11(12)8-10/h6-7,10-12,15H,4-5,8-9H2,1-3H3. The third kappa shape index (κ3) is 2.25. The summed E-state index contributed by atoms with van der Waals surface area (Å²) in [6.07, 6.45) is 5.71. The fourth-order valence-electron chi connectivity index (χ4n) is 3.77. The Morgan fingerprint density at radius 2 is 2.00 bits per heavy atom. The topological polar surface area (TPSA) is 0 Å². The second-order valence-electron chi connectivity index (χ2n) is 7.19. The van der Waals surface area contributed by atoms with E-state index in [1.807, 2.05) is 11.3 Å². The van der Waals surface area contributed by atoms with Crippen molar-refractivity contribution in [1.29, 1.82) is 0 Å². The summed E-state index contributed by atoms with van der Waals surface area (Å²) in [5.74, 6) is 2.65. The van der Waals surface area contributed by atoms with Crippen molar-refractivity contribution in [3.8, 4) is 0 Å². The molecule has 0 spiro atoms. The van der Waals surface area contributed by atoms with Crippen molar-refractivity contribution in [3.05, 3.63) is 21.9 Å². The van der Waals surface area contributed by atoms with Gasteiger partial charge in [0.15, 0.2) is 0 Å². The van der Waals surface area contributed by atoms with Crippen LogP contribution in [-0.4, -0.2) is 0 Å². The summed E-state index contributed by atoms with van der Waals surface area (Å²) in [7, 11) is 0. The van der Waals surface area contributed by atoms with Crippen molar-refractivity contribution in [3.63, 3.8) is 0 Å². The number of hydrogen-bond acceptors (Lipinski definition) is 1. The SMILES string of the molecule is CC(C)(C)c1ccc(C(Cl)C2CC3CCC2C3)s1. The van der Waals surface area contributed by atoms with Gasteiger partial charge in [-0.3, -0.25) is 0 Å². The molecule has 0 nitrogen and oxygen atoms in total. The van der Waals surface area contributed by atoms with Crippen molar-refractivity contribution in [2.24, 2.45) is 17.8 Å². The van der Waals surface area contributed by atoms with Gasteiger partial charge in [0.25, 0.3) is 0 Å². The van der Waals surface area contributed by atoms with Crippen LogP contribution in [0.5, 0.6) is 0 Å². The van der Waals surface area contributed by atoms with Gasteiger partial charge in [0.05, 0.1) is 5.38 Å². The first kappa shape index (κ1) is 13.0. The molecule has 0 saturated heterocycles. The molecule has 4 unspecified atom stereocenters. The highest BCUT2D eigenvalue weighted by atomic mass is 35.5. The molecule has 2 aliphatic carbocycles. The quantitative estimate of drug-likeness (QED) is 0.605. The van der Waals surface area contributed by atoms with Crippen molar-refractivity contribution < 1.29 is 0 Å². The Labute approximate surface area is 120 Å². The van der Waals surface area contributed by atoms with Gasteiger partial charge in [0, 0.05) is 9.75 Å². The molecule has 0 amide bonds. The van der Waals surface area contributed by atoms with Gasteiger partial charge in [-0.05, 0) is 54.6 Å². The minimum atomic E-state index is 0.258. The van der Waals surface area contributed by atoms with Gasteiger partial charge in [0.1, 0.15) is 0 Å². The molecule has 2 bridgehead atoms.